The monoisotopic (exact) mass is 301 g/mol. The van der Waals surface area contributed by atoms with E-state index in [4.69, 9.17) is 11.6 Å². The van der Waals surface area contributed by atoms with E-state index in [2.05, 4.69) is 0 Å². The molecule has 0 aliphatic heterocycles. The first-order valence-electron chi connectivity index (χ1n) is 6.53. The molecule has 1 aliphatic carbocycles. The summed E-state index contributed by atoms with van der Waals surface area (Å²) in [5, 5.41) is 0. The minimum absolute atomic E-state index is 0.0469. The van der Waals surface area contributed by atoms with Gasteiger partial charge in [-0.2, -0.15) is 0 Å². The second-order valence-electron chi connectivity index (χ2n) is 5.30. The number of alkyl halides is 1. The fourth-order valence-electron chi connectivity index (χ4n) is 2.24. The summed E-state index contributed by atoms with van der Waals surface area (Å²) in [4.78, 5) is 0. The lowest BCUT2D eigenvalue weighted by Gasteiger charge is -2.24. The van der Waals surface area contributed by atoms with E-state index in [1.165, 1.54) is 4.31 Å². The standard InChI is InChI=1S/C14H20ClNO2S/c1-11(14-6-7-14)16(2)19(17,18)10-13-5-3-4-12(8-13)9-15/h3-5,8,11,14H,6-7,9-10H2,1-2H3. The summed E-state index contributed by atoms with van der Waals surface area (Å²) in [5.41, 5.74) is 1.75. The van der Waals surface area contributed by atoms with Crippen molar-refractivity contribution in [1.29, 1.82) is 0 Å². The lowest BCUT2D eigenvalue weighted by molar-refractivity contribution is 0.356. The third-order valence-electron chi connectivity index (χ3n) is 3.81. The molecular weight excluding hydrogens is 282 g/mol. The number of rotatable bonds is 6. The molecule has 0 heterocycles. The zero-order chi connectivity index (χ0) is 14.0. The minimum Gasteiger partial charge on any atom is -0.212 e. The SMILES string of the molecule is CC(C1CC1)N(C)S(=O)(=O)Cc1cccc(CCl)c1. The number of hydrogen-bond acceptors (Lipinski definition) is 2. The van der Waals surface area contributed by atoms with E-state index < -0.39 is 10.0 Å². The van der Waals surface area contributed by atoms with E-state index in [-0.39, 0.29) is 11.8 Å². The van der Waals surface area contributed by atoms with E-state index in [1.807, 2.05) is 31.2 Å². The Bertz CT molecular complexity index is 540. The third kappa shape index (κ3) is 3.71. The van der Waals surface area contributed by atoms with Crippen molar-refractivity contribution in [3.8, 4) is 0 Å². The fraction of sp³-hybridized carbons (Fsp3) is 0.571. The molecule has 1 saturated carbocycles. The minimum atomic E-state index is -3.25. The Morgan fingerprint density at radius 3 is 2.58 bits per heavy atom. The molecule has 5 heteroatoms. The maximum atomic E-state index is 12.4. The smallest absolute Gasteiger partial charge is 0.212 e. The van der Waals surface area contributed by atoms with E-state index in [9.17, 15) is 8.42 Å². The molecule has 0 amide bonds. The molecule has 1 unspecified atom stereocenters. The summed E-state index contributed by atoms with van der Waals surface area (Å²) >= 11 is 5.77. The van der Waals surface area contributed by atoms with Crippen molar-refractivity contribution in [2.75, 3.05) is 7.05 Å². The highest BCUT2D eigenvalue weighted by Gasteiger charge is 2.35. The van der Waals surface area contributed by atoms with E-state index in [0.717, 1.165) is 24.0 Å². The highest BCUT2D eigenvalue weighted by Crippen LogP contribution is 2.35. The molecule has 0 N–H and O–H groups in total. The van der Waals surface area contributed by atoms with Gasteiger partial charge in [0.15, 0.2) is 0 Å². The predicted molar refractivity (Wildman–Crippen MR) is 78.6 cm³/mol. The molecule has 1 aromatic carbocycles. The van der Waals surface area contributed by atoms with Crippen LogP contribution in [-0.4, -0.2) is 25.8 Å². The van der Waals surface area contributed by atoms with Crippen LogP contribution in [0.4, 0.5) is 0 Å². The quantitative estimate of drug-likeness (QED) is 0.758. The lowest BCUT2D eigenvalue weighted by Crippen LogP contribution is -2.37. The molecule has 2 rings (SSSR count). The summed E-state index contributed by atoms with van der Waals surface area (Å²) in [7, 11) is -1.57. The average Bonchev–Trinajstić information content (AvgIpc) is 3.21. The van der Waals surface area contributed by atoms with Gasteiger partial charge in [-0.05, 0) is 36.8 Å². The summed E-state index contributed by atoms with van der Waals surface area (Å²) in [6, 6.07) is 7.55. The Labute approximate surface area is 120 Å². The van der Waals surface area contributed by atoms with E-state index >= 15 is 0 Å². The van der Waals surface area contributed by atoms with E-state index in [1.54, 1.807) is 7.05 Å². The summed E-state index contributed by atoms with van der Waals surface area (Å²) in [6.07, 6.45) is 2.28. The van der Waals surface area contributed by atoms with Gasteiger partial charge in [-0.1, -0.05) is 24.3 Å². The zero-order valence-electron chi connectivity index (χ0n) is 11.3. The van der Waals surface area contributed by atoms with Gasteiger partial charge in [0.1, 0.15) is 0 Å². The highest BCUT2D eigenvalue weighted by molar-refractivity contribution is 7.88. The normalized spacial score (nSPS) is 17.7. The lowest BCUT2D eigenvalue weighted by atomic mass is 10.2. The van der Waals surface area contributed by atoms with Crippen LogP contribution in [0, 0.1) is 5.92 Å². The van der Waals surface area contributed by atoms with Gasteiger partial charge in [0.2, 0.25) is 10.0 Å². The molecule has 106 valence electrons. The number of sulfonamides is 1. The molecule has 1 aromatic rings. The van der Waals surface area contributed by atoms with Crippen LogP contribution in [0.1, 0.15) is 30.9 Å². The van der Waals surface area contributed by atoms with Crippen molar-refractivity contribution >= 4 is 21.6 Å². The van der Waals surface area contributed by atoms with Crippen molar-refractivity contribution in [1.82, 2.24) is 4.31 Å². The molecule has 0 spiro atoms. The van der Waals surface area contributed by atoms with Crippen LogP contribution >= 0.6 is 11.6 Å². The molecule has 19 heavy (non-hydrogen) atoms. The first kappa shape index (κ1) is 14.8. The molecule has 0 saturated heterocycles. The Balaban J connectivity index is 2.11. The van der Waals surface area contributed by atoms with Crippen LogP contribution < -0.4 is 0 Å². The van der Waals surface area contributed by atoms with Gasteiger partial charge >= 0.3 is 0 Å². The molecule has 1 atom stereocenters. The molecule has 1 aliphatic rings. The Morgan fingerprint density at radius 1 is 1.37 bits per heavy atom. The molecule has 3 nitrogen and oxygen atoms in total. The largest absolute Gasteiger partial charge is 0.218 e. The van der Waals surface area contributed by atoms with Gasteiger partial charge < -0.3 is 0 Å². The Morgan fingerprint density at radius 2 is 2.00 bits per heavy atom. The first-order valence-corrected chi connectivity index (χ1v) is 8.68. The predicted octanol–water partition coefficient (Wildman–Crippen LogP) is 2.99. The second-order valence-corrected chi connectivity index (χ2v) is 7.60. The molecule has 0 aromatic heterocycles. The average molecular weight is 302 g/mol. The Kier molecular flexibility index (Phi) is 4.54. The van der Waals surface area contributed by atoms with Gasteiger partial charge in [-0.15, -0.1) is 11.6 Å². The molecule has 0 radical (unpaired) electrons. The topological polar surface area (TPSA) is 37.4 Å². The van der Waals surface area contributed by atoms with Crippen molar-refractivity contribution in [2.45, 2.75) is 37.4 Å². The van der Waals surface area contributed by atoms with Crippen LogP contribution in [0.15, 0.2) is 24.3 Å². The maximum Gasteiger partial charge on any atom is 0.218 e. The number of benzene rings is 1. The van der Waals surface area contributed by atoms with Crippen LogP contribution in [0.25, 0.3) is 0 Å². The van der Waals surface area contributed by atoms with Crippen LogP contribution in [0.5, 0.6) is 0 Å². The van der Waals surface area contributed by atoms with Gasteiger partial charge in [0.05, 0.1) is 5.75 Å². The first-order chi connectivity index (χ1) is 8.94. The van der Waals surface area contributed by atoms with Crippen LogP contribution in [0.3, 0.4) is 0 Å². The van der Waals surface area contributed by atoms with Gasteiger partial charge in [-0.25, -0.2) is 12.7 Å². The molecule has 0 bridgehead atoms. The van der Waals surface area contributed by atoms with E-state index in [0.29, 0.717) is 11.8 Å². The third-order valence-corrected chi connectivity index (χ3v) is 6.03. The highest BCUT2D eigenvalue weighted by atomic mass is 35.5. The van der Waals surface area contributed by atoms with Crippen LogP contribution in [0.2, 0.25) is 0 Å². The van der Waals surface area contributed by atoms with Gasteiger partial charge in [-0.3, -0.25) is 0 Å². The number of halogens is 1. The Hall–Kier alpha value is -0.580. The van der Waals surface area contributed by atoms with Crippen molar-refractivity contribution in [3.63, 3.8) is 0 Å². The molecular formula is C14H20ClNO2S. The number of hydrogen-bond donors (Lipinski definition) is 0. The summed E-state index contributed by atoms with van der Waals surface area (Å²) in [6.45, 7) is 1.99. The van der Waals surface area contributed by atoms with Gasteiger partial charge in [0.25, 0.3) is 0 Å². The van der Waals surface area contributed by atoms with Gasteiger partial charge in [0, 0.05) is 19.0 Å². The molecule has 1 fully saturated rings. The van der Waals surface area contributed by atoms with Crippen molar-refractivity contribution in [2.24, 2.45) is 5.92 Å². The fourth-order valence-corrected chi connectivity index (χ4v) is 3.89. The maximum absolute atomic E-state index is 12.4. The van der Waals surface area contributed by atoms with Crippen LogP contribution in [-0.2, 0) is 21.7 Å². The van der Waals surface area contributed by atoms with Crippen molar-refractivity contribution < 1.29 is 8.42 Å². The number of nitrogens with zero attached hydrogens (tertiary/aromatic N) is 1. The van der Waals surface area contributed by atoms with Crippen molar-refractivity contribution in [3.05, 3.63) is 35.4 Å². The summed E-state index contributed by atoms with van der Waals surface area (Å²) in [5.74, 6) is 0.988. The zero-order valence-corrected chi connectivity index (χ0v) is 12.9. The second kappa shape index (κ2) is 5.81. The summed E-state index contributed by atoms with van der Waals surface area (Å²) < 4.78 is 26.3.